The summed E-state index contributed by atoms with van der Waals surface area (Å²) < 4.78 is 38.3. The first-order valence-electron chi connectivity index (χ1n) is 16.2. The van der Waals surface area contributed by atoms with E-state index in [0.29, 0.717) is 0 Å². The Morgan fingerprint density at radius 2 is 1.70 bits per heavy atom. The summed E-state index contributed by atoms with van der Waals surface area (Å²) >= 11 is 5.72. The van der Waals surface area contributed by atoms with Gasteiger partial charge in [-0.3, -0.25) is 29.0 Å². The number of aromatic nitrogens is 6. The van der Waals surface area contributed by atoms with Crippen molar-refractivity contribution in [2.75, 3.05) is 11.9 Å². The first-order chi connectivity index (χ1) is 22.1. The first-order valence-corrected chi connectivity index (χ1v) is 20.6. The highest BCUT2D eigenvalue weighted by Crippen LogP contribution is 2.49. The van der Waals surface area contributed by atoms with Crippen LogP contribution in [0.25, 0.3) is 11.2 Å². The molecule has 1 amide bonds. The monoisotopic (exact) mass is 705 g/mol. The normalized spacial score (nSPS) is 24.2. The Bertz CT molecular complexity index is 1630. The fourth-order valence-corrected chi connectivity index (χ4v) is 17.9. The van der Waals surface area contributed by atoms with Gasteiger partial charge >= 0.3 is 17.1 Å². The summed E-state index contributed by atoms with van der Waals surface area (Å²) in [6.07, 6.45) is 3.39. The molecule has 5 heterocycles. The predicted molar refractivity (Wildman–Crippen MR) is 184 cm³/mol. The molecular formula is C30H47N7O7SSi2. The smallest absolute Gasteiger partial charge is 0.335 e. The second-order valence-electron chi connectivity index (χ2n) is 13.8. The zero-order valence-corrected chi connectivity index (χ0v) is 31.5. The van der Waals surface area contributed by atoms with E-state index >= 15 is 0 Å². The standard InChI is InChI=1S/C30H47N7O7SSi2/c1-16(2)26(38)34-29-33-25-22(27(39)35-29)32-15-37(25)28-24(42-30(45)36-12-11-31-14-36)23-21(41-28)13-40-46(17(3)4,18(5)6)44-47(43-23,19(7)8)20(9)10/h11-12,14-21,23-24,28H,13H2,1-10H3,(H2,33,34,35,38,39)/t21-,23?,24+,28-/m1/s1. The maximum atomic E-state index is 13.1. The molecule has 14 nitrogen and oxygen atoms in total. The number of anilines is 1. The molecule has 1 unspecified atom stereocenters. The van der Waals surface area contributed by atoms with Crippen LogP contribution in [0, 0.1) is 5.92 Å². The van der Waals surface area contributed by atoms with E-state index in [0.717, 1.165) is 0 Å². The van der Waals surface area contributed by atoms with E-state index in [9.17, 15) is 9.59 Å². The molecule has 0 bridgehead atoms. The molecule has 2 saturated heterocycles. The van der Waals surface area contributed by atoms with E-state index in [1.807, 2.05) is 0 Å². The summed E-state index contributed by atoms with van der Waals surface area (Å²) in [6.45, 7) is 20.9. The van der Waals surface area contributed by atoms with Crippen LogP contribution >= 0.6 is 12.2 Å². The number of hydrogen-bond donors (Lipinski definition) is 2. The minimum atomic E-state index is -3.07. The third-order valence-corrected chi connectivity index (χ3v) is 19.6. The van der Waals surface area contributed by atoms with Crippen molar-refractivity contribution in [2.45, 2.75) is 116 Å². The molecule has 0 radical (unpaired) electrons. The topological polar surface area (TPSA) is 157 Å². The van der Waals surface area contributed by atoms with Gasteiger partial charge in [-0.2, -0.15) is 4.98 Å². The minimum absolute atomic E-state index is 0.00189. The fourth-order valence-electron chi connectivity index (χ4n) is 6.45. The lowest BCUT2D eigenvalue weighted by molar-refractivity contribution is -0.118. The van der Waals surface area contributed by atoms with Crippen molar-refractivity contribution in [3.8, 4) is 0 Å². The van der Waals surface area contributed by atoms with Gasteiger partial charge in [0.15, 0.2) is 23.5 Å². The molecule has 3 aromatic rings. The number of ether oxygens (including phenoxy) is 2. The van der Waals surface area contributed by atoms with Crippen LogP contribution in [0.1, 0.15) is 75.5 Å². The third-order valence-electron chi connectivity index (χ3n) is 9.04. The number of hydrogen-bond acceptors (Lipinski definition) is 11. The second-order valence-corrected chi connectivity index (χ2v) is 23.0. The number of imidazole rings is 2. The summed E-state index contributed by atoms with van der Waals surface area (Å²) in [5.74, 6) is -0.615. The fraction of sp³-hybridized carbons (Fsp3) is 0.667. The van der Waals surface area contributed by atoms with E-state index in [4.69, 9.17) is 34.7 Å². The van der Waals surface area contributed by atoms with Crippen LogP contribution in [0.4, 0.5) is 5.95 Å². The lowest BCUT2D eigenvalue weighted by Crippen LogP contribution is -2.66. The van der Waals surface area contributed by atoms with Gasteiger partial charge in [0.05, 0.1) is 12.9 Å². The minimum Gasteiger partial charge on any atom is -0.459 e. The van der Waals surface area contributed by atoms with Crippen LogP contribution < -0.4 is 10.9 Å². The average molecular weight is 706 g/mol. The van der Waals surface area contributed by atoms with Gasteiger partial charge in [-0.05, 0) is 34.4 Å². The second kappa shape index (κ2) is 13.6. The Balaban J connectivity index is 1.65. The number of fused-ring (bicyclic) bond motifs is 2. The first kappa shape index (κ1) is 35.5. The molecule has 2 fully saturated rings. The quantitative estimate of drug-likeness (QED) is 0.241. The molecule has 258 valence electrons. The van der Waals surface area contributed by atoms with E-state index < -0.39 is 47.2 Å². The van der Waals surface area contributed by atoms with Crippen molar-refractivity contribution in [3.63, 3.8) is 0 Å². The lowest BCUT2D eigenvalue weighted by Gasteiger charge is -2.51. The van der Waals surface area contributed by atoms with Crippen molar-refractivity contribution >= 4 is 57.5 Å². The van der Waals surface area contributed by atoms with E-state index in [1.54, 1.807) is 41.7 Å². The molecule has 0 aliphatic carbocycles. The Morgan fingerprint density at radius 1 is 1.04 bits per heavy atom. The van der Waals surface area contributed by atoms with Gasteiger partial charge in [0.25, 0.3) is 10.7 Å². The number of nitrogens with one attached hydrogen (secondary N) is 2. The summed E-state index contributed by atoms with van der Waals surface area (Å²) in [6, 6.07) is 0. The summed E-state index contributed by atoms with van der Waals surface area (Å²) in [5, 5.41) is 2.82. The Kier molecular flexibility index (Phi) is 10.3. The number of rotatable bonds is 8. The van der Waals surface area contributed by atoms with Crippen molar-refractivity contribution in [3.05, 3.63) is 35.4 Å². The van der Waals surface area contributed by atoms with Crippen molar-refractivity contribution in [1.82, 2.24) is 29.1 Å². The highest BCUT2D eigenvalue weighted by Gasteiger charge is 2.62. The van der Waals surface area contributed by atoms with Crippen LogP contribution in [-0.4, -0.2) is 82.2 Å². The molecule has 47 heavy (non-hydrogen) atoms. The number of H-pyrrole nitrogens is 1. The molecule has 4 atom stereocenters. The van der Waals surface area contributed by atoms with Gasteiger partial charge in [-0.15, -0.1) is 0 Å². The number of aromatic amines is 1. The number of thiocarbonyl (C=S) groups is 1. The molecular weight excluding hydrogens is 659 g/mol. The largest absolute Gasteiger partial charge is 0.459 e. The molecule has 0 aromatic carbocycles. The van der Waals surface area contributed by atoms with E-state index in [1.165, 1.54) is 6.33 Å². The van der Waals surface area contributed by atoms with E-state index in [2.05, 4.69) is 80.6 Å². The number of carbonyl (C=O) groups excluding carboxylic acids is 1. The Hall–Kier alpha value is -2.81. The zero-order chi connectivity index (χ0) is 34.4. The molecule has 17 heteroatoms. The van der Waals surface area contributed by atoms with Gasteiger partial charge in [0.2, 0.25) is 11.9 Å². The maximum absolute atomic E-state index is 13.1. The zero-order valence-electron chi connectivity index (χ0n) is 28.7. The summed E-state index contributed by atoms with van der Waals surface area (Å²) in [4.78, 5) is 41.3. The van der Waals surface area contributed by atoms with Crippen molar-refractivity contribution in [2.24, 2.45) is 5.92 Å². The van der Waals surface area contributed by atoms with Crippen LogP contribution in [0.15, 0.2) is 29.8 Å². The molecule has 2 aliphatic rings. The Morgan fingerprint density at radius 3 is 2.28 bits per heavy atom. The van der Waals surface area contributed by atoms with Gasteiger partial charge in [-0.1, -0.05) is 69.2 Å². The lowest BCUT2D eigenvalue weighted by atomic mass is 10.1. The van der Waals surface area contributed by atoms with E-state index in [-0.39, 0.29) is 62.9 Å². The highest BCUT2D eigenvalue weighted by molar-refractivity contribution is 7.80. The van der Waals surface area contributed by atoms with Crippen LogP contribution in [0.5, 0.6) is 0 Å². The van der Waals surface area contributed by atoms with Gasteiger partial charge < -0.3 is 22.4 Å². The SMILES string of the molecule is CC(C)C(=O)Nc1nc2c(ncn2[C@@H]2O[C@@H]3CO[Si](C(C)C)(C(C)C)O[Si](C(C)C)(C(C)C)OC3[C@@H]2OC(=S)n2ccnc2)c(=O)[nH]1. The number of nitrogens with zero attached hydrogens (tertiary/aromatic N) is 5. The molecule has 3 aromatic heterocycles. The van der Waals surface area contributed by atoms with Gasteiger partial charge in [0.1, 0.15) is 18.5 Å². The summed E-state index contributed by atoms with van der Waals surface area (Å²) in [5.41, 5.74) is 0.210. The predicted octanol–water partition coefficient (Wildman–Crippen LogP) is 4.98. The van der Waals surface area contributed by atoms with Crippen molar-refractivity contribution in [1.29, 1.82) is 0 Å². The molecule has 2 aliphatic heterocycles. The average Bonchev–Trinajstić information content (AvgIpc) is 3.73. The van der Waals surface area contributed by atoms with Gasteiger partial charge in [0, 0.05) is 18.3 Å². The molecule has 5 rings (SSSR count). The Labute approximate surface area is 282 Å². The molecule has 2 N–H and O–H groups in total. The maximum Gasteiger partial charge on any atom is 0.335 e. The highest BCUT2D eigenvalue weighted by atomic mass is 32.1. The van der Waals surface area contributed by atoms with Crippen LogP contribution in [0.2, 0.25) is 22.2 Å². The number of carbonyl (C=O) groups is 1. The number of amides is 1. The third kappa shape index (κ3) is 6.50. The van der Waals surface area contributed by atoms with Gasteiger partial charge in [-0.25, -0.2) is 9.97 Å². The van der Waals surface area contributed by atoms with Crippen LogP contribution in [0.3, 0.4) is 0 Å². The molecule has 0 spiro atoms. The van der Waals surface area contributed by atoms with Crippen molar-refractivity contribution < 1.29 is 27.2 Å². The van der Waals surface area contributed by atoms with Crippen LogP contribution in [-0.2, 0) is 27.2 Å². The molecule has 0 saturated carbocycles. The summed E-state index contributed by atoms with van der Waals surface area (Å²) in [7, 11) is -5.92.